The van der Waals surface area contributed by atoms with Crippen LogP contribution in [0.3, 0.4) is 0 Å². The van der Waals surface area contributed by atoms with E-state index in [4.69, 9.17) is 0 Å². The van der Waals surface area contributed by atoms with Crippen molar-refractivity contribution < 1.29 is 5.11 Å². The maximum absolute atomic E-state index is 9.99. The van der Waals surface area contributed by atoms with Crippen molar-refractivity contribution in [1.82, 2.24) is 0 Å². The van der Waals surface area contributed by atoms with Gasteiger partial charge in [-0.25, -0.2) is 0 Å². The highest BCUT2D eigenvalue weighted by atomic mass is 16.3. The number of rotatable bonds is 5. The van der Waals surface area contributed by atoms with E-state index in [1.807, 2.05) is 13.8 Å². The topological polar surface area (TPSA) is 20.2 Å². The molecule has 84 valence electrons. The van der Waals surface area contributed by atoms with Gasteiger partial charge in [-0.1, -0.05) is 38.8 Å². The fraction of sp³-hybridized carbons (Fsp3) is 0.846. The first-order valence-corrected chi connectivity index (χ1v) is 5.69. The van der Waals surface area contributed by atoms with Crippen LogP contribution >= 0.6 is 0 Å². The van der Waals surface area contributed by atoms with E-state index < -0.39 is 5.60 Å². The van der Waals surface area contributed by atoms with Crippen LogP contribution in [-0.2, 0) is 0 Å². The summed E-state index contributed by atoms with van der Waals surface area (Å²) in [5.41, 5.74) is 0.789. The molecule has 0 heterocycles. The highest BCUT2D eigenvalue weighted by Gasteiger charge is 2.24. The SMILES string of the molecule is CCCC(/C=C(/C)C(C)C)C(C)(C)O. The second kappa shape index (κ2) is 5.55. The molecule has 0 bridgehead atoms. The largest absolute Gasteiger partial charge is 0.390 e. The molecule has 0 aliphatic rings. The average molecular weight is 198 g/mol. The molecule has 0 aromatic heterocycles. The van der Waals surface area contributed by atoms with Crippen LogP contribution in [0.1, 0.15) is 54.4 Å². The van der Waals surface area contributed by atoms with Crippen molar-refractivity contribution in [2.24, 2.45) is 11.8 Å². The zero-order valence-electron chi connectivity index (χ0n) is 10.6. The van der Waals surface area contributed by atoms with E-state index in [0.29, 0.717) is 5.92 Å². The second-order valence-corrected chi connectivity index (χ2v) is 5.11. The highest BCUT2D eigenvalue weighted by molar-refractivity contribution is 5.06. The maximum atomic E-state index is 9.99. The molecule has 1 atom stereocenters. The zero-order valence-corrected chi connectivity index (χ0v) is 10.6. The highest BCUT2D eigenvalue weighted by Crippen LogP contribution is 2.25. The van der Waals surface area contributed by atoms with Crippen molar-refractivity contribution in [3.63, 3.8) is 0 Å². The first-order chi connectivity index (χ1) is 6.29. The Kier molecular flexibility index (Phi) is 5.43. The van der Waals surface area contributed by atoms with Crippen LogP contribution in [0.4, 0.5) is 0 Å². The minimum absolute atomic E-state index is 0.287. The lowest BCUT2D eigenvalue weighted by Gasteiger charge is -2.27. The van der Waals surface area contributed by atoms with Crippen LogP contribution in [0, 0.1) is 11.8 Å². The fourth-order valence-electron chi connectivity index (χ4n) is 1.46. The molecule has 0 rings (SSSR count). The molecule has 0 fully saturated rings. The molecule has 1 heteroatoms. The molecule has 0 aromatic carbocycles. The minimum Gasteiger partial charge on any atom is -0.390 e. The van der Waals surface area contributed by atoms with E-state index in [1.165, 1.54) is 5.57 Å². The Morgan fingerprint density at radius 1 is 1.36 bits per heavy atom. The van der Waals surface area contributed by atoms with Gasteiger partial charge in [-0.2, -0.15) is 0 Å². The lowest BCUT2D eigenvalue weighted by atomic mass is 9.84. The number of allylic oxidation sites excluding steroid dienone is 1. The van der Waals surface area contributed by atoms with Crippen molar-refractivity contribution in [2.75, 3.05) is 0 Å². The Labute approximate surface area is 89.2 Å². The number of hydrogen-bond acceptors (Lipinski definition) is 1. The Balaban J connectivity index is 4.60. The number of hydrogen-bond donors (Lipinski definition) is 1. The van der Waals surface area contributed by atoms with Gasteiger partial charge in [0.05, 0.1) is 5.60 Å². The predicted octanol–water partition coefficient (Wildman–Crippen LogP) is 3.78. The molecular weight excluding hydrogens is 172 g/mol. The van der Waals surface area contributed by atoms with Gasteiger partial charge in [-0.05, 0) is 33.1 Å². The Morgan fingerprint density at radius 2 is 1.86 bits per heavy atom. The molecule has 0 aromatic rings. The molecule has 0 amide bonds. The molecule has 0 saturated heterocycles. The summed E-state index contributed by atoms with van der Waals surface area (Å²) in [7, 11) is 0. The molecule has 0 spiro atoms. The second-order valence-electron chi connectivity index (χ2n) is 5.11. The van der Waals surface area contributed by atoms with Crippen LogP contribution in [0.2, 0.25) is 0 Å². The van der Waals surface area contributed by atoms with Crippen LogP contribution in [0.15, 0.2) is 11.6 Å². The molecule has 1 nitrogen and oxygen atoms in total. The molecule has 1 unspecified atom stereocenters. The standard InChI is InChI=1S/C13H26O/c1-7-8-12(13(5,6)14)9-11(4)10(2)3/h9-10,12,14H,7-8H2,1-6H3/b11-9-. The van der Waals surface area contributed by atoms with Crippen molar-refractivity contribution in [3.8, 4) is 0 Å². The quantitative estimate of drug-likeness (QED) is 0.667. The maximum Gasteiger partial charge on any atom is 0.0654 e. The van der Waals surface area contributed by atoms with Crippen molar-refractivity contribution in [1.29, 1.82) is 0 Å². The van der Waals surface area contributed by atoms with Gasteiger partial charge in [0.15, 0.2) is 0 Å². The van der Waals surface area contributed by atoms with Gasteiger partial charge in [-0.15, -0.1) is 0 Å². The molecule has 14 heavy (non-hydrogen) atoms. The van der Waals surface area contributed by atoms with E-state index in [-0.39, 0.29) is 5.92 Å². The van der Waals surface area contributed by atoms with Crippen LogP contribution < -0.4 is 0 Å². The summed E-state index contributed by atoms with van der Waals surface area (Å²) in [4.78, 5) is 0. The third-order valence-electron chi connectivity index (χ3n) is 2.88. The monoisotopic (exact) mass is 198 g/mol. The van der Waals surface area contributed by atoms with Gasteiger partial charge in [0, 0.05) is 5.92 Å². The van der Waals surface area contributed by atoms with E-state index in [2.05, 4.69) is 33.8 Å². The molecule has 1 N–H and O–H groups in total. The average Bonchev–Trinajstić information content (AvgIpc) is 2.01. The summed E-state index contributed by atoms with van der Waals surface area (Å²) in [6.45, 7) is 12.5. The molecule has 0 radical (unpaired) electrons. The fourth-order valence-corrected chi connectivity index (χ4v) is 1.46. The minimum atomic E-state index is -0.591. The zero-order chi connectivity index (χ0) is 11.4. The summed E-state index contributed by atoms with van der Waals surface area (Å²) < 4.78 is 0. The molecular formula is C13H26O. The lowest BCUT2D eigenvalue weighted by Crippen LogP contribution is -2.29. The molecule has 0 aliphatic carbocycles. The van der Waals surface area contributed by atoms with Gasteiger partial charge in [0.1, 0.15) is 0 Å². The van der Waals surface area contributed by atoms with E-state index in [0.717, 1.165) is 12.8 Å². The van der Waals surface area contributed by atoms with Crippen LogP contribution in [0.5, 0.6) is 0 Å². The van der Waals surface area contributed by atoms with Gasteiger partial charge < -0.3 is 5.11 Å². The van der Waals surface area contributed by atoms with Crippen LogP contribution in [0.25, 0.3) is 0 Å². The summed E-state index contributed by atoms with van der Waals surface area (Å²) in [5.74, 6) is 0.867. The van der Waals surface area contributed by atoms with Gasteiger partial charge >= 0.3 is 0 Å². The van der Waals surface area contributed by atoms with Crippen molar-refractivity contribution in [2.45, 2.75) is 60.0 Å². The summed E-state index contributed by atoms with van der Waals surface area (Å²) in [6.07, 6.45) is 4.43. The predicted molar refractivity (Wildman–Crippen MR) is 63.3 cm³/mol. The van der Waals surface area contributed by atoms with E-state index in [1.54, 1.807) is 0 Å². The molecule has 0 aliphatic heterocycles. The Bertz CT molecular complexity index is 184. The third kappa shape index (κ3) is 4.80. The van der Waals surface area contributed by atoms with Crippen molar-refractivity contribution >= 4 is 0 Å². The van der Waals surface area contributed by atoms with E-state index in [9.17, 15) is 5.11 Å². The van der Waals surface area contributed by atoms with E-state index >= 15 is 0 Å². The van der Waals surface area contributed by atoms with Crippen molar-refractivity contribution in [3.05, 3.63) is 11.6 Å². The summed E-state index contributed by atoms with van der Waals surface area (Å²) in [6, 6.07) is 0. The number of aliphatic hydroxyl groups is 1. The summed E-state index contributed by atoms with van der Waals surface area (Å²) >= 11 is 0. The molecule has 0 saturated carbocycles. The smallest absolute Gasteiger partial charge is 0.0654 e. The van der Waals surface area contributed by atoms with Gasteiger partial charge in [0.2, 0.25) is 0 Å². The Hall–Kier alpha value is -0.300. The lowest BCUT2D eigenvalue weighted by molar-refractivity contribution is 0.0329. The van der Waals surface area contributed by atoms with Gasteiger partial charge in [-0.3, -0.25) is 0 Å². The van der Waals surface area contributed by atoms with Crippen LogP contribution in [-0.4, -0.2) is 10.7 Å². The third-order valence-corrected chi connectivity index (χ3v) is 2.88. The first-order valence-electron chi connectivity index (χ1n) is 5.69. The first kappa shape index (κ1) is 13.7. The Morgan fingerprint density at radius 3 is 2.14 bits per heavy atom. The van der Waals surface area contributed by atoms with Gasteiger partial charge in [0.25, 0.3) is 0 Å². The summed E-state index contributed by atoms with van der Waals surface area (Å²) in [5, 5.41) is 9.99. The normalized spacial score (nSPS) is 16.1.